The summed E-state index contributed by atoms with van der Waals surface area (Å²) in [6.45, 7) is 4.11. The van der Waals surface area contributed by atoms with E-state index in [-0.39, 0.29) is 11.9 Å². The van der Waals surface area contributed by atoms with Crippen LogP contribution in [-0.2, 0) is 19.1 Å². The molecule has 1 saturated heterocycles. The van der Waals surface area contributed by atoms with Crippen molar-refractivity contribution in [1.29, 1.82) is 0 Å². The quantitative estimate of drug-likeness (QED) is 0.491. The highest BCUT2D eigenvalue weighted by Gasteiger charge is 2.60. The van der Waals surface area contributed by atoms with Crippen molar-refractivity contribution in [3.63, 3.8) is 0 Å². The molecule has 1 aliphatic heterocycles. The van der Waals surface area contributed by atoms with Crippen molar-refractivity contribution >= 4 is 12.4 Å². The summed E-state index contributed by atoms with van der Waals surface area (Å²) in [7, 11) is 0. The average molecular weight is 198 g/mol. The van der Waals surface area contributed by atoms with Crippen LogP contribution in [-0.4, -0.2) is 23.6 Å². The molecule has 2 aliphatic rings. The van der Waals surface area contributed by atoms with Gasteiger partial charge in [0.25, 0.3) is 6.47 Å². The fourth-order valence-corrected chi connectivity index (χ4v) is 2.45. The standard InChI is InChI=1S/C10H14O4/c1-9(13-6-11)4-3-7-5-10(9,2)14-8(7)12/h6-7H,3-5H2,1-2H3. The van der Waals surface area contributed by atoms with Gasteiger partial charge in [0.1, 0.15) is 11.2 Å². The SMILES string of the molecule is CC1(OC=O)CCC2CC1(C)OC2=O. The Morgan fingerprint density at radius 2 is 2.29 bits per heavy atom. The topological polar surface area (TPSA) is 52.6 Å². The minimum atomic E-state index is -0.655. The molecule has 0 radical (unpaired) electrons. The van der Waals surface area contributed by atoms with Crippen LogP contribution in [0.5, 0.6) is 0 Å². The Kier molecular flexibility index (Phi) is 1.84. The Balaban J connectivity index is 2.29. The molecule has 3 atom stereocenters. The Morgan fingerprint density at radius 1 is 1.57 bits per heavy atom. The number of fused-ring (bicyclic) bond motifs is 2. The van der Waals surface area contributed by atoms with E-state index < -0.39 is 11.2 Å². The van der Waals surface area contributed by atoms with Gasteiger partial charge >= 0.3 is 5.97 Å². The van der Waals surface area contributed by atoms with Crippen molar-refractivity contribution in [2.75, 3.05) is 0 Å². The molecule has 2 fully saturated rings. The predicted octanol–water partition coefficient (Wildman–Crippen LogP) is 1.03. The van der Waals surface area contributed by atoms with Crippen molar-refractivity contribution < 1.29 is 19.1 Å². The minimum Gasteiger partial charge on any atom is -0.457 e. The normalized spacial score (nSPS) is 45.9. The lowest BCUT2D eigenvalue weighted by molar-refractivity contribution is -0.187. The maximum Gasteiger partial charge on any atom is 0.309 e. The highest BCUT2D eigenvalue weighted by atomic mass is 16.6. The average Bonchev–Trinajstić information content (AvgIpc) is 2.35. The first kappa shape index (κ1) is 9.49. The van der Waals surface area contributed by atoms with Gasteiger partial charge in [-0.3, -0.25) is 9.59 Å². The van der Waals surface area contributed by atoms with Crippen LogP contribution in [0, 0.1) is 5.92 Å². The van der Waals surface area contributed by atoms with Crippen molar-refractivity contribution in [2.24, 2.45) is 5.92 Å². The van der Waals surface area contributed by atoms with Gasteiger partial charge in [-0.1, -0.05) is 0 Å². The molecular weight excluding hydrogens is 184 g/mol. The largest absolute Gasteiger partial charge is 0.457 e. The number of hydrogen-bond acceptors (Lipinski definition) is 4. The highest BCUT2D eigenvalue weighted by molar-refractivity contribution is 5.76. The molecule has 0 aromatic heterocycles. The summed E-state index contributed by atoms with van der Waals surface area (Å²) >= 11 is 0. The molecule has 0 aromatic rings. The molecule has 14 heavy (non-hydrogen) atoms. The van der Waals surface area contributed by atoms with Gasteiger partial charge in [-0.05, 0) is 26.7 Å². The predicted molar refractivity (Wildman–Crippen MR) is 47.4 cm³/mol. The molecule has 4 heteroatoms. The zero-order valence-electron chi connectivity index (χ0n) is 8.41. The first-order chi connectivity index (χ1) is 6.51. The molecule has 3 unspecified atom stereocenters. The monoisotopic (exact) mass is 198 g/mol. The van der Waals surface area contributed by atoms with Crippen LogP contribution in [0.3, 0.4) is 0 Å². The number of carbonyl (C=O) groups is 2. The van der Waals surface area contributed by atoms with Crippen LogP contribution in [0.15, 0.2) is 0 Å². The summed E-state index contributed by atoms with van der Waals surface area (Å²) in [5, 5.41) is 0. The van der Waals surface area contributed by atoms with Gasteiger partial charge in [0, 0.05) is 6.42 Å². The molecule has 0 spiro atoms. The number of rotatable bonds is 2. The fraction of sp³-hybridized carbons (Fsp3) is 0.800. The summed E-state index contributed by atoms with van der Waals surface area (Å²) < 4.78 is 10.4. The van der Waals surface area contributed by atoms with Gasteiger partial charge in [-0.15, -0.1) is 0 Å². The van der Waals surface area contributed by atoms with Gasteiger partial charge in [0.15, 0.2) is 0 Å². The smallest absolute Gasteiger partial charge is 0.309 e. The Morgan fingerprint density at radius 3 is 2.93 bits per heavy atom. The van der Waals surface area contributed by atoms with Crippen LogP contribution in [0.2, 0.25) is 0 Å². The lowest BCUT2D eigenvalue weighted by atomic mass is 9.71. The van der Waals surface area contributed by atoms with Crippen molar-refractivity contribution in [3.05, 3.63) is 0 Å². The molecule has 0 amide bonds. The molecular formula is C10H14O4. The third-order valence-corrected chi connectivity index (χ3v) is 3.69. The first-order valence-corrected chi connectivity index (χ1v) is 4.85. The van der Waals surface area contributed by atoms with Crippen LogP contribution in [0.1, 0.15) is 33.1 Å². The first-order valence-electron chi connectivity index (χ1n) is 4.85. The van der Waals surface area contributed by atoms with E-state index in [1.54, 1.807) is 0 Å². The summed E-state index contributed by atoms with van der Waals surface area (Å²) in [6.07, 6.45) is 2.10. The number of carbonyl (C=O) groups excluding carboxylic acids is 2. The third-order valence-electron chi connectivity index (χ3n) is 3.69. The van der Waals surface area contributed by atoms with E-state index in [0.717, 1.165) is 6.42 Å². The number of ether oxygens (including phenoxy) is 2. The third kappa shape index (κ3) is 1.06. The fourth-order valence-electron chi connectivity index (χ4n) is 2.45. The molecule has 2 rings (SSSR count). The molecule has 4 nitrogen and oxygen atoms in total. The maximum atomic E-state index is 11.4. The Labute approximate surface area is 82.6 Å². The molecule has 0 aromatic carbocycles. The Hall–Kier alpha value is -1.06. The van der Waals surface area contributed by atoms with Gasteiger partial charge in [-0.2, -0.15) is 0 Å². The second kappa shape index (κ2) is 2.72. The van der Waals surface area contributed by atoms with E-state index in [9.17, 15) is 9.59 Å². The van der Waals surface area contributed by atoms with Crippen molar-refractivity contribution in [3.8, 4) is 0 Å². The van der Waals surface area contributed by atoms with E-state index in [4.69, 9.17) is 9.47 Å². The van der Waals surface area contributed by atoms with Crippen LogP contribution < -0.4 is 0 Å². The van der Waals surface area contributed by atoms with Crippen LogP contribution in [0.4, 0.5) is 0 Å². The van der Waals surface area contributed by atoms with E-state index in [1.807, 2.05) is 13.8 Å². The number of esters is 1. The Bertz CT molecular complexity index is 286. The van der Waals surface area contributed by atoms with Crippen LogP contribution in [0.25, 0.3) is 0 Å². The van der Waals surface area contributed by atoms with Gasteiger partial charge in [0.2, 0.25) is 0 Å². The van der Waals surface area contributed by atoms with E-state index >= 15 is 0 Å². The lowest BCUT2D eigenvalue weighted by Gasteiger charge is -2.42. The zero-order chi connectivity index (χ0) is 10.4. The molecule has 1 saturated carbocycles. The zero-order valence-corrected chi connectivity index (χ0v) is 8.41. The molecule has 1 aliphatic carbocycles. The van der Waals surface area contributed by atoms with Crippen molar-refractivity contribution in [2.45, 2.75) is 44.3 Å². The molecule has 1 heterocycles. The minimum absolute atomic E-state index is 0.00308. The van der Waals surface area contributed by atoms with E-state index in [1.165, 1.54) is 0 Å². The summed E-state index contributed by atoms with van der Waals surface area (Å²) in [5.74, 6) is -0.144. The van der Waals surface area contributed by atoms with Crippen molar-refractivity contribution in [1.82, 2.24) is 0 Å². The number of hydrogen-bond donors (Lipinski definition) is 0. The lowest BCUT2D eigenvalue weighted by Crippen LogP contribution is -2.53. The summed E-state index contributed by atoms with van der Waals surface area (Å²) in [6, 6.07) is 0. The van der Waals surface area contributed by atoms with Gasteiger partial charge < -0.3 is 9.47 Å². The van der Waals surface area contributed by atoms with Crippen LogP contribution >= 0.6 is 0 Å². The molecule has 78 valence electrons. The second-order valence-electron chi connectivity index (χ2n) is 4.54. The van der Waals surface area contributed by atoms with E-state index in [2.05, 4.69) is 0 Å². The molecule has 2 bridgehead atoms. The van der Waals surface area contributed by atoms with Gasteiger partial charge in [0.05, 0.1) is 5.92 Å². The summed E-state index contributed by atoms with van der Waals surface area (Å²) in [5.41, 5.74) is -1.29. The summed E-state index contributed by atoms with van der Waals surface area (Å²) in [4.78, 5) is 21.8. The van der Waals surface area contributed by atoms with Gasteiger partial charge in [-0.25, -0.2) is 0 Å². The second-order valence-corrected chi connectivity index (χ2v) is 4.54. The highest BCUT2D eigenvalue weighted by Crippen LogP contribution is 2.49. The molecule has 0 N–H and O–H groups in total. The van der Waals surface area contributed by atoms with E-state index in [0.29, 0.717) is 19.3 Å². The maximum absolute atomic E-state index is 11.4.